The molecule has 0 aliphatic rings. The molecule has 0 atom stereocenters. The lowest BCUT2D eigenvalue weighted by Crippen LogP contribution is -2.22. The molecule has 1 heterocycles. The van der Waals surface area contributed by atoms with Gasteiger partial charge in [-0.2, -0.15) is 0 Å². The molecule has 1 aromatic carbocycles. The molecule has 0 amide bonds. The van der Waals surface area contributed by atoms with Gasteiger partial charge in [-0.1, -0.05) is 23.2 Å². The maximum Gasteiger partial charge on any atom is 0.274 e. The largest absolute Gasteiger partial charge is 0.293 e. The van der Waals surface area contributed by atoms with Gasteiger partial charge in [0.2, 0.25) is 0 Å². The summed E-state index contributed by atoms with van der Waals surface area (Å²) in [6.07, 6.45) is 1.09. The minimum absolute atomic E-state index is 0.0253. The van der Waals surface area contributed by atoms with E-state index in [1.165, 1.54) is 0 Å². The number of nitro groups is 1. The summed E-state index contributed by atoms with van der Waals surface area (Å²) in [6, 6.07) is 2.98. The summed E-state index contributed by atoms with van der Waals surface area (Å²) in [6.45, 7) is -0.239. The van der Waals surface area contributed by atoms with Crippen molar-refractivity contribution in [3.05, 3.63) is 66.6 Å². The standard InChI is InChI=1S/C11H6Cl2FN3O3/c12-9-10(13)15-5-16(11(9)18)4-6-3-7(14)1-2-8(6)17(19)20/h1-3,5H,4H2. The fourth-order valence-corrected chi connectivity index (χ4v) is 1.88. The predicted octanol–water partition coefficient (Wildman–Crippen LogP) is 2.65. The van der Waals surface area contributed by atoms with Crippen LogP contribution in [0.3, 0.4) is 0 Å². The monoisotopic (exact) mass is 317 g/mol. The third-order valence-corrected chi connectivity index (χ3v) is 3.24. The van der Waals surface area contributed by atoms with E-state index in [9.17, 15) is 19.3 Å². The number of hydrogen-bond donors (Lipinski definition) is 0. The van der Waals surface area contributed by atoms with Crippen molar-refractivity contribution in [3.63, 3.8) is 0 Å². The molecule has 0 saturated heterocycles. The van der Waals surface area contributed by atoms with Crippen LogP contribution in [0.5, 0.6) is 0 Å². The fourth-order valence-electron chi connectivity index (χ4n) is 1.60. The van der Waals surface area contributed by atoms with Crippen LogP contribution in [0.15, 0.2) is 29.3 Å². The second-order valence-electron chi connectivity index (χ2n) is 3.81. The van der Waals surface area contributed by atoms with Crippen molar-refractivity contribution in [2.24, 2.45) is 0 Å². The maximum absolute atomic E-state index is 13.2. The summed E-state index contributed by atoms with van der Waals surface area (Å²) in [5, 5.41) is 10.4. The number of hydrogen-bond acceptors (Lipinski definition) is 4. The molecule has 6 nitrogen and oxygen atoms in total. The summed E-state index contributed by atoms with van der Waals surface area (Å²) in [4.78, 5) is 25.7. The van der Waals surface area contributed by atoms with Crippen LogP contribution in [0.4, 0.5) is 10.1 Å². The van der Waals surface area contributed by atoms with Crippen LogP contribution in [0, 0.1) is 15.9 Å². The van der Waals surface area contributed by atoms with E-state index in [1.807, 2.05) is 0 Å². The van der Waals surface area contributed by atoms with Gasteiger partial charge >= 0.3 is 0 Å². The lowest BCUT2D eigenvalue weighted by Gasteiger charge is -2.07. The highest BCUT2D eigenvalue weighted by atomic mass is 35.5. The zero-order chi connectivity index (χ0) is 14.9. The van der Waals surface area contributed by atoms with Crippen LogP contribution >= 0.6 is 23.2 Å². The first-order valence-corrected chi connectivity index (χ1v) is 5.99. The fraction of sp³-hybridized carbons (Fsp3) is 0.0909. The summed E-state index contributed by atoms with van der Waals surface area (Å²) in [5.74, 6) is -0.647. The zero-order valence-corrected chi connectivity index (χ0v) is 11.2. The first-order chi connectivity index (χ1) is 9.40. The van der Waals surface area contributed by atoms with E-state index in [-0.39, 0.29) is 28.0 Å². The van der Waals surface area contributed by atoms with E-state index in [4.69, 9.17) is 23.2 Å². The number of rotatable bonds is 3. The molecule has 0 aliphatic heterocycles. The SMILES string of the molecule is O=c1c(Cl)c(Cl)ncn1Cc1cc(F)ccc1[N+](=O)[O-]. The van der Waals surface area contributed by atoms with E-state index >= 15 is 0 Å². The van der Waals surface area contributed by atoms with Crippen LogP contribution in [-0.2, 0) is 6.54 Å². The van der Waals surface area contributed by atoms with Crippen molar-refractivity contribution in [2.45, 2.75) is 6.54 Å². The van der Waals surface area contributed by atoms with E-state index in [0.717, 1.165) is 29.1 Å². The van der Waals surface area contributed by atoms with E-state index in [1.54, 1.807) is 0 Å². The lowest BCUT2D eigenvalue weighted by atomic mass is 10.1. The topological polar surface area (TPSA) is 78.0 Å². The molecular formula is C11H6Cl2FN3O3. The van der Waals surface area contributed by atoms with Crippen molar-refractivity contribution in [3.8, 4) is 0 Å². The van der Waals surface area contributed by atoms with Gasteiger partial charge in [0, 0.05) is 6.07 Å². The molecule has 0 fully saturated rings. The summed E-state index contributed by atoms with van der Waals surface area (Å²) in [5.41, 5.74) is -0.938. The maximum atomic E-state index is 13.2. The first kappa shape index (κ1) is 14.4. The Morgan fingerprint density at radius 1 is 1.40 bits per heavy atom. The summed E-state index contributed by atoms with van der Waals surface area (Å²) >= 11 is 11.2. The summed E-state index contributed by atoms with van der Waals surface area (Å²) in [7, 11) is 0. The Balaban J connectivity index is 2.50. The van der Waals surface area contributed by atoms with Crippen LogP contribution in [0.1, 0.15) is 5.56 Å². The van der Waals surface area contributed by atoms with Gasteiger partial charge in [-0.3, -0.25) is 19.5 Å². The van der Waals surface area contributed by atoms with E-state index in [2.05, 4.69) is 4.98 Å². The highest BCUT2D eigenvalue weighted by Crippen LogP contribution is 2.21. The molecule has 2 aromatic rings. The van der Waals surface area contributed by atoms with Crippen molar-refractivity contribution < 1.29 is 9.31 Å². The molecule has 20 heavy (non-hydrogen) atoms. The van der Waals surface area contributed by atoms with Crippen molar-refractivity contribution in [1.29, 1.82) is 0 Å². The van der Waals surface area contributed by atoms with Crippen LogP contribution in [0.25, 0.3) is 0 Å². The van der Waals surface area contributed by atoms with Crippen molar-refractivity contribution in [2.75, 3.05) is 0 Å². The Kier molecular flexibility index (Phi) is 4.01. The van der Waals surface area contributed by atoms with E-state index < -0.39 is 16.3 Å². The van der Waals surface area contributed by atoms with Crippen molar-refractivity contribution >= 4 is 28.9 Å². The van der Waals surface area contributed by atoms with Crippen molar-refractivity contribution in [1.82, 2.24) is 9.55 Å². The normalized spacial score (nSPS) is 10.6. The Morgan fingerprint density at radius 2 is 2.10 bits per heavy atom. The third-order valence-electron chi connectivity index (χ3n) is 2.52. The highest BCUT2D eigenvalue weighted by molar-refractivity contribution is 6.40. The number of nitrogens with zero attached hydrogens (tertiary/aromatic N) is 3. The molecule has 0 unspecified atom stereocenters. The van der Waals surface area contributed by atoms with E-state index in [0.29, 0.717) is 0 Å². The molecule has 0 saturated carbocycles. The quantitative estimate of drug-likeness (QED) is 0.495. The molecule has 0 spiro atoms. The average molecular weight is 318 g/mol. The van der Waals surface area contributed by atoms with Gasteiger partial charge in [0.1, 0.15) is 10.8 Å². The van der Waals surface area contributed by atoms with Crippen LogP contribution < -0.4 is 5.56 Å². The smallest absolute Gasteiger partial charge is 0.274 e. The molecule has 0 bridgehead atoms. The van der Waals surface area contributed by atoms with Gasteiger partial charge < -0.3 is 0 Å². The Bertz CT molecular complexity index is 748. The van der Waals surface area contributed by atoms with Gasteiger partial charge in [-0.05, 0) is 12.1 Å². The Morgan fingerprint density at radius 3 is 2.75 bits per heavy atom. The van der Waals surface area contributed by atoms with Crippen LogP contribution in [-0.4, -0.2) is 14.5 Å². The highest BCUT2D eigenvalue weighted by Gasteiger charge is 2.16. The van der Waals surface area contributed by atoms with Gasteiger partial charge in [-0.15, -0.1) is 0 Å². The first-order valence-electron chi connectivity index (χ1n) is 5.23. The molecule has 1 aromatic heterocycles. The molecule has 104 valence electrons. The second-order valence-corrected chi connectivity index (χ2v) is 4.55. The number of nitro benzene ring substituents is 1. The lowest BCUT2D eigenvalue weighted by molar-refractivity contribution is -0.385. The van der Waals surface area contributed by atoms with Crippen LogP contribution in [0.2, 0.25) is 10.2 Å². The Labute approximate surface area is 121 Å². The van der Waals surface area contributed by atoms with Gasteiger partial charge in [0.15, 0.2) is 5.15 Å². The molecule has 0 N–H and O–H groups in total. The minimum Gasteiger partial charge on any atom is -0.293 e. The van der Waals surface area contributed by atoms with Gasteiger partial charge in [-0.25, -0.2) is 9.37 Å². The zero-order valence-electron chi connectivity index (χ0n) is 9.72. The molecule has 0 radical (unpaired) electrons. The third kappa shape index (κ3) is 2.78. The number of halogens is 3. The number of benzene rings is 1. The van der Waals surface area contributed by atoms with Gasteiger partial charge in [0.25, 0.3) is 11.2 Å². The molecule has 9 heteroatoms. The Hall–Kier alpha value is -1.99. The second kappa shape index (κ2) is 5.56. The molecule has 2 rings (SSSR count). The van der Waals surface area contributed by atoms with Gasteiger partial charge in [0.05, 0.1) is 23.4 Å². The minimum atomic E-state index is -0.662. The molecule has 0 aliphatic carbocycles. The molecular weight excluding hydrogens is 312 g/mol. The average Bonchev–Trinajstić information content (AvgIpc) is 2.39. The summed E-state index contributed by atoms with van der Waals surface area (Å²) < 4.78 is 14.2. The predicted molar refractivity (Wildman–Crippen MR) is 70.7 cm³/mol. The number of aromatic nitrogens is 2.